The Morgan fingerprint density at radius 1 is 1.22 bits per heavy atom. The summed E-state index contributed by atoms with van der Waals surface area (Å²) in [5, 5.41) is 0. The van der Waals surface area contributed by atoms with Crippen molar-refractivity contribution in [2.24, 2.45) is 0 Å². The van der Waals surface area contributed by atoms with Gasteiger partial charge in [-0.25, -0.2) is 4.79 Å². The third-order valence-electron chi connectivity index (χ3n) is 1.93. The molecule has 0 aliphatic carbocycles. The molecule has 0 aromatic heterocycles. The molecule has 0 aliphatic rings. The molecule has 0 N–H and O–H groups in total. The zero-order valence-corrected chi connectivity index (χ0v) is 12.1. The number of carbonyl (C=O) groups is 2. The van der Waals surface area contributed by atoms with Crippen molar-refractivity contribution < 1.29 is 19.1 Å². The molecule has 0 saturated carbocycles. The fraction of sp³-hybridized carbons (Fsp3) is 0.692. The van der Waals surface area contributed by atoms with Crippen LogP contribution in [0.15, 0.2) is 11.6 Å². The first kappa shape index (κ1) is 16.6. The maximum Gasteiger partial charge on any atom is 0.334 e. The molecule has 0 amide bonds. The number of carbonyl (C=O) groups excluding carboxylic acids is 2. The molecule has 0 saturated heterocycles. The van der Waals surface area contributed by atoms with Crippen LogP contribution < -0.4 is 0 Å². The zero-order chi connectivity index (χ0) is 14.3. The Labute approximate surface area is 109 Å². The normalized spacial score (nSPS) is 12.5. The van der Waals surface area contributed by atoms with Crippen LogP contribution in [0.1, 0.15) is 27.2 Å². The van der Waals surface area contributed by atoms with Gasteiger partial charge in [0.2, 0.25) is 0 Å². The molecular weight excluding hydrogens is 234 g/mol. The SMILES string of the molecule is COC(=O)C/C(=C\CN(C)C)C(=O)OC(C)(C)C. The maximum absolute atomic E-state index is 11.9. The van der Waals surface area contributed by atoms with Crippen molar-refractivity contribution in [1.29, 1.82) is 0 Å². The minimum Gasteiger partial charge on any atom is -0.469 e. The lowest BCUT2D eigenvalue weighted by molar-refractivity contribution is -0.152. The number of methoxy groups -OCH3 is 1. The molecule has 0 heterocycles. The molecule has 5 nitrogen and oxygen atoms in total. The topological polar surface area (TPSA) is 55.8 Å². The van der Waals surface area contributed by atoms with E-state index < -0.39 is 17.5 Å². The fourth-order valence-corrected chi connectivity index (χ4v) is 1.09. The monoisotopic (exact) mass is 257 g/mol. The smallest absolute Gasteiger partial charge is 0.334 e. The number of esters is 2. The maximum atomic E-state index is 11.9. The molecule has 5 heteroatoms. The summed E-state index contributed by atoms with van der Waals surface area (Å²) in [5.41, 5.74) is -0.254. The first-order valence-corrected chi connectivity index (χ1v) is 5.79. The van der Waals surface area contributed by atoms with Crippen LogP contribution in [-0.2, 0) is 19.1 Å². The highest BCUT2D eigenvalue weighted by Crippen LogP contribution is 2.13. The summed E-state index contributed by atoms with van der Waals surface area (Å²) >= 11 is 0. The summed E-state index contributed by atoms with van der Waals surface area (Å²) in [6, 6.07) is 0. The third-order valence-corrected chi connectivity index (χ3v) is 1.93. The molecule has 0 radical (unpaired) electrons. The van der Waals surface area contributed by atoms with Gasteiger partial charge in [-0.05, 0) is 34.9 Å². The second-order valence-corrected chi connectivity index (χ2v) is 5.25. The Balaban J connectivity index is 4.80. The summed E-state index contributed by atoms with van der Waals surface area (Å²) in [6.45, 7) is 5.91. The molecule has 0 aliphatic heterocycles. The number of hydrogen-bond donors (Lipinski definition) is 0. The molecule has 0 aromatic carbocycles. The predicted molar refractivity (Wildman–Crippen MR) is 69.1 cm³/mol. The molecule has 0 rings (SSSR count). The summed E-state index contributed by atoms with van der Waals surface area (Å²) in [4.78, 5) is 25.0. The van der Waals surface area contributed by atoms with E-state index in [-0.39, 0.29) is 6.42 Å². The van der Waals surface area contributed by atoms with E-state index in [4.69, 9.17) is 4.74 Å². The quantitative estimate of drug-likeness (QED) is 0.550. The van der Waals surface area contributed by atoms with Crippen LogP contribution in [0, 0.1) is 0 Å². The van der Waals surface area contributed by atoms with Gasteiger partial charge in [-0.1, -0.05) is 6.08 Å². The Kier molecular flexibility index (Phi) is 6.62. The van der Waals surface area contributed by atoms with Gasteiger partial charge in [-0.2, -0.15) is 0 Å². The molecule has 104 valence electrons. The lowest BCUT2D eigenvalue weighted by atomic mass is 10.1. The molecule has 0 bridgehead atoms. The van der Waals surface area contributed by atoms with Gasteiger partial charge in [0.25, 0.3) is 0 Å². The van der Waals surface area contributed by atoms with Crippen LogP contribution in [0.5, 0.6) is 0 Å². The Morgan fingerprint density at radius 3 is 2.17 bits per heavy atom. The van der Waals surface area contributed by atoms with Gasteiger partial charge in [0, 0.05) is 12.1 Å². The van der Waals surface area contributed by atoms with E-state index in [9.17, 15) is 9.59 Å². The van der Waals surface area contributed by atoms with E-state index in [0.29, 0.717) is 12.1 Å². The number of nitrogens with zero attached hydrogens (tertiary/aromatic N) is 1. The van der Waals surface area contributed by atoms with Gasteiger partial charge in [0.1, 0.15) is 5.60 Å². The number of ether oxygens (including phenoxy) is 2. The van der Waals surface area contributed by atoms with Crippen LogP contribution in [0.25, 0.3) is 0 Å². The lowest BCUT2D eigenvalue weighted by Crippen LogP contribution is -2.26. The Morgan fingerprint density at radius 2 is 1.78 bits per heavy atom. The number of rotatable bonds is 5. The third kappa shape index (κ3) is 7.84. The van der Waals surface area contributed by atoms with Gasteiger partial charge in [0.05, 0.1) is 13.5 Å². The van der Waals surface area contributed by atoms with Gasteiger partial charge in [-0.15, -0.1) is 0 Å². The van der Waals surface area contributed by atoms with Crippen LogP contribution >= 0.6 is 0 Å². The zero-order valence-electron chi connectivity index (χ0n) is 12.1. The van der Waals surface area contributed by atoms with Crippen molar-refractivity contribution in [2.75, 3.05) is 27.7 Å². The molecule has 0 fully saturated rings. The fourth-order valence-electron chi connectivity index (χ4n) is 1.09. The van der Waals surface area contributed by atoms with Crippen molar-refractivity contribution in [2.45, 2.75) is 32.8 Å². The molecule has 0 spiro atoms. The average Bonchev–Trinajstić information content (AvgIpc) is 2.20. The van der Waals surface area contributed by atoms with E-state index >= 15 is 0 Å². The number of hydrogen-bond acceptors (Lipinski definition) is 5. The molecule has 0 atom stereocenters. The Hall–Kier alpha value is -1.36. The Bertz CT molecular complexity index is 326. The van der Waals surface area contributed by atoms with Crippen molar-refractivity contribution in [3.63, 3.8) is 0 Å². The summed E-state index contributed by atoms with van der Waals surface area (Å²) < 4.78 is 9.81. The van der Waals surface area contributed by atoms with Crippen molar-refractivity contribution in [3.8, 4) is 0 Å². The van der Waals surface area contributed by atoms with Crippen LogP contribution in [0.2, 0.25) is 0 Å². The summed E-state index contributed by atoms with van der Waals surface area (Å²) in [7, 11) is 5.05. The minimum atomic E-state index is -0.579. The van der Waals surface area contributed by atoms with E-state index in [1.54, 1.807) is 26.8 Å². The van der Waals surface area contributed by atoms with Crippen molar-refractivity contribution >= 4 is 11.9 Å². The summed E-state index contributed by atoms with van der Waals surface area (Å²) in [5.74, 6) is -0.930. The van der Waals surface area contributed by atoms with E-state index in [1.165, 1.54) is 7.11 Å². The first-order valence-electron chi connectivity index (χ1n) is 5.79. The van der Waals surface area contributed by atoms with Crippen molar-refractivity contribution in [1.82, 2.24) is 4.90 Å². The minimum absolute atomic E-state index is 0.0702. The summed E-state index contributed by atoms with van der Waals surface area (Å²) in [6.07, 6.45) is 1.62. The second-order valence-electron chi connectivity index (χ2n) is 5.25. The van der Waals surface area contributed by atoms with E-state index in [0.717, 1.165) is 0 Å². The van der Waals surface area contributed by atoms with Crippen LogP contribution in [0.3, 0.4) is 0 Å². The van der Waals surface area contributed by atoms with Crippen LogP contribution in [0.4, 0.5) is 0 Å². The van der Waals surface area contributed by atoms with Gasteiger partial charge in [-0.3, -0.25) is 4.79 Å². The molecule has 0 aromatic rings. The van der Waals surface area contributed by atoms with E-state index in [2.05, 4.69) is 4.74 Å². The second kappa shape index (κ2) is 7.16. The molecular formula is C13H23NO4. The highest BCUT2D eigenvalue weighted by atomic mass is 16.6. The van der Waals surface area contributed by atoms with Crippen LogP contribution in [-0.4, -0.2) is 50.2 Å². The molecule has 0 unspecified atom stereocenters. The van der Waals surface area contributed by atoms with Gasteiger partial charge in [0.15, 0.2) is 0 Å². The highest BCUT2D eigenvalue weighted by Gasteiger charge is 2.21. The predicted octanol–water partition coefficient (Wildman–Crippen LogP) is 1.38. The van der Waals surface area contributed by atoms with Crippen molar-refractivity contribution in [3.05, 3.63) is 11.6 Å². The number of likely N-dealkylation sites (N-methyl/N-ethyl adjacent to an activating group) is 1. The van der Waals surface area contributed by atoms with E-state index in [1.807, 2.05) is 19.0 Å². The van der Waals surface area contributed by atoms with Gasteiger partial charge >= 0.3 is 11.9 Å². The lowest BCUT2D eigenvalue weighted by Gasteiger charge is -2.20. The van der Waals surface area contributed by atoms with Gasteiger partial charge < -0.3 is 14.4 Å². The first-order chi connectivity index (χ1) is 8.15. The standard InChI is InChI=1S/C13H23NO4/c1-13(2,3)18-12(16)10(7-8-14(4)5)9-11(15)17-6/h7H,8-9H2,1-6H3/b10-7+. The highest BCUT2D eigenvalue weighted by molar-refractivity contribution is 5.94. The average molecular weight is 257 g/mol. The largest absolute Gasteiger partial charge is 0.469 e. The molecule has 18 heavy (non-hydrogen) atoms.